The predicted octanol–water partition coefficient (Wildman–Crippen LogP) is 0.683. The summed E-state index contributed by atoms with van der Waals surface area (Å²) in [7, 11) is 4.56. The van der Waals surface area contributed by atoms with E-state index in [1.165, 1.54) is 0 Å². The molecule has 0 aliphatic rings. The number of ether oxygens (including phenoxy) is 1. The molecule has 0 aliphatic heterocycles. The van der Waals surface area contributed by atoms with Crippen LogP contribution in [-0.2, 0) is 9.31 Å². The molecule has 0 heterocycles. The SMILES string of the molecule is COB(OC)c1ccc(OC)cc1. The van der Waals surface area contributed by atoms with Gasteiger partial charge < -0.3 is 14.0 Å². The van der Waals surface area contributed by atoms with Gasteiger partial charge in [0, 0.05) is 14.2 Å². The molecule has 1 aromatic rings. The quantitative estimate of drug-likeness (QED) is 0.637. The Bertz CT molecular complexity index is 244. The van der Waals surface area contributed by atoms with Crippen LogP contribution in [0.1, 0.15) is 0 Å². The average molecular weight is 180 g/mol. The van der Waals surface area contributed by atoms with Gasteiger partial charge in [0.15, 0.2) is 0 Å². The smallest absolute Gasteiger partial charge is 0.493 e. The van der Waals surface area contributed by atoms with Crippen molar-refractivity contribution in [1.29, 1.82) is 0 Å². The Kier molecular flexibility index (Phi) is 3.80. The zero-order valence-electron chi connectivity index (χ0n) is 8.11. The first-order chi connectivity index (χ1) is 6.31. The fourth-order valence-corrected chi connectivity index (χ4v) is 1.13. The summed E-state index contributed by atoms with van der Waals surface area (Å²) in [6.07, 6.45) is 0. The van der Waals surface area contributed by atoms with Gasteiger partial charge in [0.2, 0.25) is 0 Å². The molecule has 70 valence electrons. The minimum Gasteiger partial charge on any atom is -0.497 e. The normalized spacial score (nSPS) is 9.77. The van der Waals surface area contributed by atoms with E-state index in [0.717, 1.165) is 11.2 Å². The van der Waals surface area contributed by atoms with Gasteiger partial charge >= 0.3 is 7.12 Å². The van der Waals surface area contributed by atoms with Crippen LogP contribution in [0.4, 0.5) is 0 Å². The van der Waals surface area contributed by atoms with Crippen molar-refractivity contribution in [3.8, 4) is 5.75 Å². The maximum absolute atomic E-state index is 5.10. The molecule has 0 aliphatic carbocycles. The van der Waals surface area contributed by atoms with Crippen molar-refractivity contribution >= 4 is 12.6 Å². The zero-order valence-corrected chi connectivity index (χ0v) is 8.11. The second kappa shape index (κ2) is 4.89. The first-order valence-corrected chi connectivity index (χ1v) is 4.01. The Morgan fingerprint density at radius 2 is 1.46 bits per heavy atom. The van der Waals surface area contributed by atoms with Gasteiger partial charge in [-0.1, -0.05) is 12.1 Å². The van der Waals surface area contributed by atoms with Crippen molar-refractivity contribution < 1.29 is 14.0 Å². The highest BCUT2D eigenvalue weighted by atomic mass is 16.6. The van der Waals surface area contributed by atoms with Gasteiger partial charge in [-0.15, -0.1) is 0 Å². The predicted molar refractivity (Wildman–Crippen MR) is 52.4 cm³/mol. The molecule has 0 spiro atoms. The molecule has 1 aromatic carbocycles. The highest BCUT2D eigenvalue weighted by molar-refractivity contribution is 6.61. The van der Waals surface area contributed by atoms with Gasteiger partial charge in [-0.05, 0) is 17.6 Å². The Morgan fingerprint density at radius 1 is 0.923 bits per heavy atom. The molecule has 0 saturated carbocycles. The minimum atomic E-state index is -0.300. The summed E-state index contributed by atoms with van der Waals surface area (Å²) in [5.41, 5.74) is 0.978. The average Bonchev–Trinajstić information content (AvgIpc) is 2.21. The second-order valence-electron chi connectivity index (χ2n) is 2.58. The van der Waals surface area contributed by atoms with Gasteiger partial charge in [-0.25, -0.2) is 0 Å². The Balaban J connectivity index is 2.78. The molecule has 0 N–H and O–H groups in total. The van der Waals surface area contributed by atoms with Crippen LogP contribution in [0.5, 0.6) is 5.75 Å². The van der Waals surface area contributed by atoms with Gasteiger partial charge in [0.25, 0.3) is 0 Å². The Labute approximate surface area is 78.8 Å². The zero-order chi connectivity index (χ0) is 9.68. The molecule has 0 unspecified atom stereocenters. The van der Waals surface area contributed by atoms with E-state index < -0.39 is 0 Å². The van der Waals surface area contributed by atoms with Crippen molar-refractivity contribution in [2.24, 2.45) is 0 Å². The number of hydrogen-bond acceptors (Lipinski definition) is 3. The van der Waals surface area contributed by atoms with Crippen LogP contribution < -0.4 is 10.2 Å². The monoisotopic (exact) mass is 180 g/mol. The van der Waals surface area contributed by atoms with Crippen LogP contribution in [0.2, 0.25) is 0 Å². The summed E-state index contributed by atoms with van der Waals surface area (Å²) in [5.74, 6) is 0.828. The molecule has 0 saturated heterocycles. The van der Waals surface area contributed by atoms with E-state index in [1.54, 1.807) is 21.3 Å². The first-order valence-electron chi connectivity index (χ1n) is 4.01. The molecule has 0 fully saturated rings. The highest BCUT2D eigenvalue weighted by Gasteiger charge is 2.16. The van der Waals surface area contributed by atoms with E-state index in [2.05, 4.69) is 0 Å². The van der Waals surface area contributed by atoms with Crippen molar-refractivity contribution in [3.05, 3.63) is 24.3 Å². The number of methoxy groups -OCH3 is 1. The van der Waals surface area contributed by atoms with Crippen LogP contribution in [0, 0.1) is 0 Å². The summed E-state index contributed by atoms with van der Waals surface area (Å²) in [4.78, 5) is 0. The summed E-state index contributed by atoms with van der Waals surface area (Å²) in [6, 6.07) is 7.58. The molecule has 13 heavy (non-hydrogen) atoms. The lowest BCUT2D eigenvalue weighted by molar-refractivity contribution is 0.292. The van der Waals surface area contributed by atoms with Crippen LogP contribution in [0.25, 0.3) is 0 Å². The van der Waals surface area contributed by atoms with E-state index in [1.807, 2.05) is 24.3 Å². The maximum Gasteiger partial charge on any atom is 0.493 e. The summed E-state index contributed by atoms with van der Waals surface area (Å²) in [6.45, 7) is 0. The van der Waals surface area contributed by atoms with Crippen molar-refractivity contribution in [2.45, 2.75) is 0 Å². The van der Waals surface area contributed by atoms with E-state index in [4.69, 9.17) is 14.0 Å². The fraction of sp³-hybridized carbons (Fsp3) is 0.333. The van der Waals surface area contributed by atoms with Gasteiger partial charge in [-0.3, -0.25) is 0 Å². The summed E-state index contributed by atoms with van der Waals surface area (Å²) >= 11 is 0. The third-order valence-corrected chi connectivity index (χ3v) is 1.82. The minimum absolute atomic E-state index is 0.300. The molecule has 0 aromatic heterocycles. The van der Waals surface area contributed by atoms with E-state index >= 15 is 0 Å². The third-order valence-electron chi connectivity index (χ3n) is 1.82. The number of rotatable bonds is 4. The topological polar surface area (TPSA) is 27.7 Å². The molecule has 0 radical (unpaired) electrons. The molecule has 0 bridgehead atoms. The van der Waals surface area contributed by atoms with Crippen LogP contribution in [0.3, 0.4) is 0 Å². The lowest BCUT2D eigenvalue weighted by Gasteiger charge is -2.08. The standard InChI is InChI=1S/C9H13BO3/c1-11-9-6-4-8(5-7-9)10(12-2)13-3/h4-7H,1-3H3. The Morgan fingerprint density at radius 3 is 1.85 bits per heavy atom. The second-order valence-corrected chi connectivity index (χ2v) is 2.58. The van der Waals surface area contributed by atoms with Gasteiger partial charge in [0.05, 0.1) is 7.11 Å². The fourth-order valence-electron chi connectivity index (χ4n) is 1.13. The third kappa shape index (κ3) is 2.47. The maximum atomic E-state index is 5.10. The van der Waals surface area contributed by atoms with Crippen molar-refractivity contribution in [3.63, 3.8) is 0 Å². The number of hydrogen-bond donors (Lipinski definition) is 0. The summed E-state index contributed by atoms with van der Waals surface area (Å²) in [5, 5.41) is 0. The first kappa shape index (κ1) is 10.1. The molecule has 4 heteroatoms. The lowest BCUT2D eigenvalue weighted by Crippen LogP contribution is -2.34. The molecular formula is C9H13BO3. The van der Waals surface area contributed by atoms with E-state index in [9.17, 15) is 0 Å². The summed E-state index contributed by atoms with van der Waals surface area (Å²) < 4.78 is 15.2. The van der Waals surface area contributed by atoms with Gasteiger partial charge in [-0.2, -0.15) is 0 Å². The lowest BCUT2D eigenvalue weighted by atomic mass is 9.79. The molecule has 1 rings (SSSR count). The van der Waals surface area contributed by atoms with E-state index in [-0.39, 0.29) is 7.12 Å². The van der Waals surface area contributed by atoms with Crippen LogP contribution in [-0.4, -0.2) is 28.4 Å². The van der Waals surface area contributed by atoms with E-state index in [0.29, 0.717) is 0 Å². The molecule has 0 amide bonds. The Hall–Kier alpha value is -0.995. The molecular weight excluding hydrogens is 167 g/mol. The van der Waals surface area contributed by atoms with Crippen molar-refractivity contribution in [2.75, 3.05) is 21.3 Å². The van der Waals surface area contributed by atoms with Crippen LogP contribution >= 0.6 is 0 Å². The van der Waals surface area contributed by atoms with Crippen molar-refractivity contribution in [1.82, 2.24) is 0 Å². The molecule has 0 atom stereocenters. The largest absolute Gasteiger partial charge is 0.497 e. The highest BCUT2D eigenvalue weighted by Crippen LogP contribution is 2.06. The van der Waals surface area contributed by atoms with Crippen LogP contribution in [0.15, 0.2) is 24.3 Å². The van der Waals surface area contributed by atoms with Gasteiger partial charge in [0.1, 0.15) is 5.75 Å². The molecule has 3 nitrogen and oxygen atoms in total. The number of benzene rings is 1.